The lowest BCUT2D eigenvalue weighted by Gasteiger charge is -2.16. The van der Waals surface area contributed by atoms with E-state index in [1.54, 1.807) is 45.1 Å². The number of hydrogen-bond donors (Lipinski definition) is 0. The van der Waals surface area contributed by atoms with E-state index in [0.717, 1.165) is 16.9 Å². The molecule has 1 aliphatic rings. The molecule has 0 spiro atoms. The zero-order valence-corrected chi connectivity index (χ0v) is 20.1. The minimum atomic E-state index is -0.467. The van der Waals surface area contributed by atoms with Crippen molar-refractivity contribution in [1.82, 2.24) is 14.9 Å². The van der Waals surface area contributed by atoms with Gasteiger partial charge in [-0.25, -0.2) is 4.79 Å². The van der Waals surface area contributed by atoms with Crippen molar-refractivity contribution < 1.29 is 23.7 Å². The third kappa shape index (κ3) is 4.91. The Morgan fingerprint density at radius 3 is 2.29 bits per heavy atom. The van der Waals surface area contributed by atoms with Gasteiger partial charge in [-0.2, -0.15) is 9.78 Å². The highest BCUT2D eigenvalue weighted by Crippen LogP contribution is 2.31. The maximum Gasteiger partial charge on any atom is 0.340 e. The van der Waals surface area contributed by atoms with Crippen LogP contribution in [0.4, 0.5) is 0 Å². The van der Waals surface area contributed by atoms with E-state index in [1.165, 1.54) is 11.8 Å². The van der Waals surface area contributed by atoms with E-state index in [9.17, 15) is 4.79 Å². The third-order valence-corrected chi connectivity index (χ3v) is 5.94. The van der Waals surface area contributed by atoms with E-state index in [1.807, 2.05) is 36.4 Å². The number of aromatic nitrogens is 3. The minimum Gasteiger partial charge on any atom is -0.497 e. The van der Waals surface area contributed by atoms with Crippen molar-refractivity contribution >= 4 is 29.5 Å². The van der Waals surface area contributed by atoms with Crippen LogP contribution in [-0.4, -0.2) is 60.2 Å². The Morgan fingerprint density at radius 2 is 1.68 bits per heavy atom. The fourth-order valence-corrected chi connectivity index (χ4v) is 4.16. The van der Waals surface area contributed by atoms with Crippen LogP contribution in [0, 0.1) is 0 Å². The molecule has 2 aromatic carbocycles. The molecule has 0 unspecified atom stereocenters. The number of fused-ring (bicyclic) bond motifs is 1. The van der Waals surface area contributed by atoms with Gasteiger partial charge >= 0.3 is 5.97 Å². The molecule has 34 heavy (non-hydrogen) atoms. The zero-order valence-electron chi connectivity index (χ0n) is 19.3. The first-order valence-electron chi connectivity index (χ1n) is 10.5. The lowest BCUT2D eigenvalue weighted by molar-refractivity contribution is -0.137. The molecule has 0 bridgehead atoms. The Kier molecular flexibility index (Phi) is 7.17. The summed E-state index contributed by atoms with van der Waals surface area (Å²) < 4.78 is 22.9. The SMILES string of the molecule is CCOC(=O)/C(=C\c1cc(OC)cc(OC)c1)C1=Nn2c(nnc2-c2ccc(OC)cc2)SC1. The summed E-state index contributed by atoms with van der Waals surface area (Å²) in [4.78, 5) is 12.9. The number of methoxy groups -OCH3 is 3. The van der Waals surface area contributed by atoms with Gasteiger partial charge < -0.3 is 18.9 Å². The number of hydrogen-bond acceptors (Lipinski definition) is 9. The van der Waals surface area contributed by atoms with E-state index in [-0.39, 0.29) is 6.61 Å². The monoisotopic (exact) mass is 480 g/mol. The average molecular weight is 481 g/mol. The Morgan fingerprint density at radius 1 is 1.00 bits per heavy atom. The number of ether oxygens (including phenoxy) is 4. The van der Waals surface area contributed by atoms with E-state index >= 15 is 0 Å². The summed E-state index contributed by atoms with van der Waals surface area (Å²) in [5.41, 5.74) is 2.43. The van der Waals surface area contributed by atoms with Gasteiger partial charge in [0.25, 0.3) is 0 Å². The van der Waals surface area contributed by atoms with E-state index in [0.29, 0.717) is 39.5 Å². The second kappa shape index (κ2) is 10.4. The molecular weight excluding hydrogens is 456 g/mol. The maximum atomic E-state index is 12.9. The number of thioether (sulfide) groups is 1. The Labute approximate surface area is 201 Å². The summed E-state index contributed by atoms with van der Waals surface area (Å²) in [6.07, 6.45) is 1.73. The molecular formula is C24H24N4O5S. The number of rotatable bonds is 8. The molecule has 0 radical (unpaired) electrons. The summed E-state index contributed by atoms with van der Waals surface area (Å²) in [6.45, 7) is 2.01. The summed E-state index contributed by atoms with van der Waals surface area (Å²) in [5, 5.41) is 13.9. The van der Waals surface area contributed by atoms with Crippen LogP contribution in [0.3, 0.4) is 0 Å². The Hall–Kier alpha value is -3.79. The molecule has 10 heteroatoms. The molecule has 1 aliphatic heterocycles. The quantitative estimate of drug-likeness (QED) is 0.353. The molecule has 0 fully saturated rings. The van der Waals surface area contributed by atoms with Crippen molar-refractivity contribution in [3.05, 3.63) is 53.6 Å². The summed E-state index contributed by atoms with van der Waals surface area (Å²) >= 11 is 1.45. The summed E-state index contributed by atoms with van der Waals surface area (Å²) in [7, 11) is 4.76. The van der Waals surface area contributed by atoms with Crippen molar-refractivity contribution in [3.8, 4) is 28.6 Å². The smallest absolute Gasteiger partial charge is 0.340 e. The van der Waals surface area contributed by atoms with Crippen LogP contribution in [0.25, 0.3) is 17.5 Å². The largest absolute Gasteiger partial charge is 0.497 e. The second-order valence-electron chi connectivity index (χ2n) is 7.11. The lowest BCUT2D eigenvalue weighted by atomic mass is 10.1. The molecule has 9 nitrogen and oxygen atoms in total. The normalized spacial score (nSPS) is 13.1. The van der Waals surface area contributed by atoms with Gasteiger partial charge in [-0.05, 0) is 55.0 Å². The predicted octanol–water partition coefficient (Wildman–Crippen LogP) is 3.93. The number of nitrogens with zero attached hydrogens (tertiary/aromatic N) is 4. The molecule has 0 aliphatic carbocycles. The molecule has 176 valence electrons. The molecule has 2 heterocycles. The molecule has 3 aromatic rings. The van der Waals surface area contributed by atoms with Gasteiger partial charge in [0.2, 0.25) is 5.16 Å². The average Bonchev–Trinajstić information content (AvgIpc) is 3.30. The fourth-order valence-electron chi connectivity index (χ4n) is 3.33. The van der Waals surface area contributed by atoms with Crippen LogP contribution in [0.1, 0.15) is 12.5 Å². The molecule has 4 rings (SSSR count). The van der Waals surface area contributed by atoms with Gasteiger partial charge in [0.05, 0.1) is 39.2 Å². The molecule has 1 aromatic heterocycles. The first-order valence-corrected chi connectivity index (χ1v) is 11.5. The van der Waals surface area contributed by atoms with Crippen LogP contribution in [0.5, 0.6) is 17.2 Å². The van der Waals surface area contributed by atoms with Gasteiger partial charge in [0.1, 0.15) is 17.2 Å². The first-order chi connectivity index (χ1) is 16.6. The van der Waals surface area contributed by atoms with E-state index < -0.39 is 5.97 Å². The topological polar surface area (TPSA) is 97.1 Å². The fraction of sp³-hybridized carbons (Fsp3) is 0.250. The van der Waals surface area contributed by atoms with Crippen molar-refractivity contribution in [2.45, 2.75) is 12.1 Å². The van der Waals surface area contributed by atoms with Crippen molar-refractivity contribution in [3.63, 3.8) is 0 Å². The van der Waals surface area contributed by atoms with Gasteiger partial charge in [-0.15, -0.1) is 10.2 Å². The number of benzene rings is 2. The standard InChI is InChI=1S/C24H24N4O5S/c1-5-33-23(29)20(12-15-10-18(31-3)13-19(11-15)32-4)21-14-34-24-26-25-22(28(24)27-21)16-6-8-17(30-2)9-7-16/h6-13H,5,14H2,1-4H3/b20-12-. The minimum absolute atomic E-state index is 0.243. The highest BCUT2D eigenvalue weighted by Gasteiger charge is 2.26. The van der Waals surface area contributed by atoms with Crippen LogP contribution in [-0.2, 0) is 9.53 Å². The highest BCUT2D eigenvalue weighted by molar-refractivity contribution is 7.99. The van der Waals surface area contributed by atoms with Crippen molar-refractivity contribution in [2.75, 3.05) is 33.7 Å². The summed E-state index contributed by atoms with van der Waals surface area (Å²) in [5.74, 6) is 2.49. The van der Waals surface area contributed by atoms with Crippen LogP contribution < -0.4 is 14.2 Å². The third-order valence-electron chi connectivity index (χ3n) is 5.01. The molecule has 0 saturated heterocycles. The van der Waals surface area contributed by atoms with Crippen LogP contribution >= 0.6 is 11.8 Å². The molecule has 0 N–H and O–H groups in total. The molecule has 0 saturated carbocycles. The second-order valence-corrected chi connectivity index (χ2v) is 8.05. The predicted molar refractivity (Wildman–Crippen MR) is 130 cm³/mol. The van der Waals surface area contributed by atoms with E-state index in [4.69, 9.17) is 24.0 Å². The molecule has 0 amide bonds. The van der Waals surface area contributed by atoms with E-state index in [2.05, 4.69) is 10.2 Å². The van der Waals surface area contributed by atoms with Crippen molar-refractivity contribution in [1.29, 1.82) is 0 Å². The number of esters is 1. The first kappa shape index (κ1) is 23.4. The Balaban J connectivity index is 1.78. The van der Waals surface area contributed by atoms with Crippen molar-refractivity contribution in [2.24, 2.45) is 5.10 Å². The summed E-state index contributed by atoms with van der Waals surface area (Å²) in [6, 6.07) is 12.8. The van der Waals surface area contributed by atoms with Gasteiger partial charge in [-0.3, -0.25) is 0 Å². The lowest BCUT2D eigenvalue weighted by Crippen LogP contribution is -2.21. The van der Waals surface area contributed by atoms with Gasteiger partial charge in [0.15, 0.2) is 5.82 Å². The molecule has 0 atom stereocenters. The Bertz CT molecular complexity index is 1230. The highest BCUT2D eigenvalue weighted by atomic mass is 32.2. The van der Waals surface area contributed by atoms with Crippen LogP contribution in [0.15, 0.2) is 58.3 Å². The van der Waals surface area contributed by atoms with Gasteiger partial charge in [0, 0.05) is 17.4 Å². The number of carbonyl (C=O) groups excluding carboxylic acids is 1. The zero-order chi connectivity index (χ0) is 24.1. The van der Waals surface area contributed by atoms with Gasteiger partial charge in [-0.1, -0.05) is 11.8 Å². The maximum absolute atomic E-state index is 12.9. The van der Waals surface area contributed by atoms with Crippen LogP contribution in [0.2, 0.25) is 0 Å². The number of carbonyl (C=O) groups is 1.